The highest BCUT2D eigenvalue weighted by atomic mass is 32.1. The van der Waals surface area contributed by atoms with Crippen LogP contribution in [-0.2, 0) is 4.74 Å². The van der Waals surface area contributed by atoms with Gasteiger partial charge < -0.3 is 4.74 Å². The van der Waals surface area contributed by atoms with Crippen molar-refractivity contribution in [2.75, 3.05) is 7.11 Å². The third-order valence-corrected chi connectivity index (χ3v) is 3.29. The zero-order valence-electron chi connectivity index (χ0n) is 9.71. The molecule has 0 aliphatic rings. The summed E-state index contributed by atoms with van der Waals surface area (Å²) in [6, 6.07) is 0. The third kappa shape index (κ3) is 2.25. The van der Waals surface area contributed by atoms with E-state index in [2.05, 4.69) is 19.7 Å². The SMILES string of the molecule is COC(=O)c1nc(-c2cnccn2)sc1C(C)=O. The zero-order valence-corrected chi connectivity index (χ0v) is 10.5. The third-order valence-electron chi connectivity index (χ3n) is 2.11. The Kier molecular flexibility index (Phi) is 3.42. The van der Waals surface area contributed by atoms with E-state index >= 15 is 0 Å². The number of ether oxygens (including phenoxy) is 1. The van der Waals surface area contributed by atoms with Crippen LogP contribution in [-0.4, -0.2) is 33.8 Å². The smallest absolute Gasteiger partial charge is 0.358 e. The molecule has 2 aromatic heterocycles. The number of carbonyl (C=O) groups is 2. The molecule has 92 valence electrons. The molecular formula is C11H9N3O3S. The maximum absolute atomic E-state index is 11.5. The molecule has 0 N–H and O–H groups in total. The highest BCUT2D eigenvalue weighted by Crippen LogP contribution is 2.27. The van der Waals surface area contributed by atoms with Crippen molar-refractivity contribution >= 4 is 23.1 Å². The molecule has 7 heteroatoms. The molecule has 18 heavy (non-hydrogen) atoms. The van der Waals surface area contributed by atoms with Crippen LogP contribution in [0.4, 0.5) is 0 Å². The van der Waals surface area contributed by atoms with E-state index in [9.17, 15) is 9.59 Å². The molecule has 0 saturated carbocycles. The fraction of sp³-hybridized carbons (Fsp3) is 0.182. The molecule has 2 rings (SSSR count). The first-order chi connectivity index (χ1) is 8.63. The van der Waals surface area contributed by atoms with Gasteiger partial charge in [0.15, 0.2) is 11.5 Å². The van der Waals surface area contributed by atoms with Crippen LogP contribution < -0.4 is 0 Å². The molecule has 0 aliphatic heterocycles. The van der Waals surface area contributed by atoms with Gasteiger partial charge in [0.2, 0.25) is 0 Å². The summed E-state index contributed by atoms with van der Waals surface area (Å²) in [5.41, 5.74) is 0.538. The topological polar surface area (TPSA) is 82.0 Å². The van der Waals surface area contributed by atoms with E-state index in [0.717, 1.165) is 11.3 Å². The lowest BCUT2D eigenvalue weighted by atomic mass is 10.3. The van der Waals surface area contributed by atoms with Gasteiger partial charge in [-0.15, -0.1) is 11.3 Å². The minimum Gasteiger partial charge on any atom is -0.464 e. The molecule has 0 aromatic carbocycles. The fourth-order valence-electron chi connectivity index (χ4n) is 1.31. The first-order valence-electron chi connectivity index (χ1n) is 5.00. The Balaban J connectivity index is 2.53. The van der Waals surface area contributed by atoms with Crippen LogP contribution in [0.15, 0.2) is 18.6 Å². The Morgan fingerprint density at radius 3 is 2.67 bits per heavy atom. The monoisotopic (exact) mass is 263 g/mol. The molecule has 0 amide bonds. The zero-order chi connectivity index (χ0) is 13.1. The van der Waals surface area contributed by atoms with Gasteiger partial charge in [-0.2, -0.15) is 0 Å². The Bertz CT molecular complexity index is 595. The maximum atomic E-state index is 11.5. The number of rotatable bonds is 3. The standard InChI is InChI=1S/C11H9N3O3S/c1-6(15)9-8(11(16)17-2)14-10(18-9)7-5-12-3-4-13-7/h3-5H,1-2H3. The minimum atomic E-state index is -0.633. The number of methoxy groups -OCH3 is 1. The van der Waals surface area contributed by atoms with Gasteiger partial charge in [-0.3, -0.25) is 14.8 Å². The van der Waals surface area contributed by atoms with Crippen molar-refractivity contribution < 1.29 is 14.3 Å². The summed E-state index contributed by atoms with van der Waals surface area (Å²) >= 11 is 1.10. The van der Waals surface area contributed by atoms with E-state index in [1.807, 2.05) is 0 Å². The van der Waals surface area contributed by atoms with Gasteiger partial charge in [0, 0.05) is 19.3 Å². The van der Waals surface area contributed by atoms with Crippen LogP contribution in [0.5, 0.6) is 0 Å². The number of Topliss-reactive ketones (excluding diaryl/α,β-unsaturated/α-hetero) is 1. The number of thiazole rings is 1. The molecule has 0 aliphatic carbocycles. The fourth-order valence-corrected chi connectivity index (χ4v) is 2.22. The van der Waals surface area contributed by atoms with E-state index < -0.39 is 5.97 Å². The molecule has 0 bridgehead atoms. The van der Waals surface area contributed by atoms with E-state index in [0.29, 0.717) is 10.7 Å². The molecule has 0 spiro atoms. The van der Waals surface area contributed by atoms with Gasteiger partial charge in [-0.05, 0) is 0 Å². The number of nitrogens with zero attached hydrogens (tertiary/aromatic N) is 3. The number of aromatic nitrogens is 3. The van der Waals surface area contributed by atoms with Crippen LogP contribution >= 0.6 is 11.3 Å². The lowest BCUT2D eigenvalue weighted by Gasteiger charge is -1.95. The van der Waals surface area contributed by atoms with Crippen LogP contribution in [0, 0.1) is 0 Å². The van der Waals surface area contributed by atoms with Crippen molar-refractivity contribution in [1.82, 2.24) is 15.0 Å². The number of ketones is 1. The Morgan fingerprint density at radius 2 is 2.11 bits per heavy atom. The number of esters is 1. The summed E-state index contributed by atoms with van der Waals surface area (Å²) in [6.07, 6.45) is 4.57. The molecule has 2 heterocycles. The Labute approximate surface area is 107 Å². The van der Waals surface area contributed by atoms with Gasteiger partial charge >= 0.3 is 5.97 Å². The van der Waals surface area contributed by atoms with Crippen molar-refractivity contribution in [3.05, 3.63) is 29.2 Å². The summed E-state index contributed by atoms with van der Waals surface area (Å²) < 4.78 is 4.59. The van der Waals surface area contributed by atoms with Crippen molar-refractivity contribution in [3.8, 4) is 10.7 Å². The quantitative estimate of drug-likeness (QED) is 0.617. The maximum Gasteiger partial charge on any atom is 0.358 e. The van der Waals surface area contributed by atoms with Crippen molar-refractivity contribution in [2.24, 2.45) is 0 Å². The number of carbonyl (C=O) groups excluding carboxylic acids is 2. The predicted octanol–water partition coefficient (Wildman–Crippen LogP) is 1.59. The Morgan fingerprint density at radius 1 is 1.33 bits per heavy atom. The van der Waals surface area contributed by atoms with E-state index in [-0.39, 0.29) is 16.4 Å². The first kappa shape index (κ1) is 12.3. The molecule has 2 aromatic rings. The summed E-state index contributed by atoms with van der Waals surface area (Å²) in [4.78, 5) is 35.3. The highest BCUT2D eigenvalue weighted by Gasteiger charge is 2.22. The largest absolute Gasteiger partial charge is 0.464 e. The lowest BCUT2D eigenvalue weighted by molar-refractivity contribution is 0.0591. The van der Waals surface area contributed by atoms with Gasteiger partial charge in [-0.1, -0.05) is 0 Å². The molecule has 0 saturated heterocycles. The van der Waals surface area contributed by atoms with Gasteiger partial charge in [0.05, 0.1) is 13.3 Å². The summed E-state index contributed by atoms with van der Waals surface area (Å²) in [5, 5.41) is 0.466. The van der Waals surface area contributed by atoms with Crippen molar-refractivity contribution in [2.45, 2.75) is 6.92 Å². The molecule has 0 unspecified atom stereocenters. The average Bonchev–Trinajstić information content (AvgIpc) is 2.84. The van der Waals surface area contributed by atoms with E-state index in [4.69, 9.17) is 0 Å². The second-order valence-electron chi connectivity index (χ2n) is 3.34. The molecule has 0 fully saturated rings. The van der Waals surface area contributed by atoms with Crippen LogP contribution in [0.2, 0.25) is 0 Å². The first-order valence-corrected chi connectivity index (χ1v) is 5.81. The molecule has 0 atom stereocenters. The second kappa shape index (κ2) is 5.01. The van der Waals surface area contributed by atoms with Crippen LogP contribution in [0.25, 0.3) is 10.7 Å². The van der Waals surface area contributed by atoms with Crippen molar-refractivity contribution in [3.63, 3.8) is 0 Å². The summed E-state index contributed by atoms with van der Waals surface area (Å²) in [5.74, 6) is -0.866. The van der Waals surface area contributed by atoms with E-state index in [1.165, 1.54) is 32.6 Å². The highest BCUT2D eigenvalue weighted by molar-refractivity contribution is 7.17. The normalized spacial score (nSPS) is 10.1. The Hall–Kier alpha value is -2.15. The van der Waals surface area contributed by atoms with Crippen molar-refractivity contribution in [1.29, 1.82) is 0 Å². The second-order valence-corrected chi connectivity index (χ2v) is 4.33. The molecule has 6 nitrogen and oxygen atoms in total. The summed E-state index contributed by atoms with van der Waals surface area (Å²) in [7, 11) is 1.24. The van der Waals surface area contributed by atoms with Gasteiger partial charge in [-0.25, -0.2) is 9.78 Å². The molecular weight excluding hydrogens is 254 g/mol. The predicted molar refractivity (Wildman–Crippen MR) is 64.5 cm³/mol. The minimum absolute atomic E-state index is 0.0238. The van der Waals surface area contributed by atoms with E-state index in [1.54, 1.807) is 0 Å². The molecule has 0 radical (unpaired) electrons. The number of hydrogen-bond acceptors (Lipinski definition) is 7. The van der Waals surface area contributed by atoms with Gasteiger partial charge in [0.25, 0.3) is 0 Å². The van der Waals surface area contributed by atoms with Crippen LogP contribution in [0.3, 0.4) is 0 Å². The van der Waals surface area contributed by atoms with Gasteiger partial charge in [0.1, 0.15) is 15.6 Å². The average molecular weight is 263 g/mol. The van der Waals surface area contributed by atoms with Crippen LogP contribution in [0.1, 0.15) is 27.1 Å². The lowest BCUT2D eigenvalue weighted by Crippen LogP contribution is -2.06. The summed E-state index contributed by atoms with van der Waals surface area (Å²) in [6.45, 7) is 1.38. The number of hydrogen-bond donors (Lipinski definition) is 0.